The fraction of sp³-hybridized carbons (Fsp3) is 0.350. The molecule has 0 aromatic heterocycles. The van der Waals surface area contributed by atoms with E-state index in [1.165, 1.54) is 0 Å². The summed E-state index contributed by atoms with van der Waals surface area (Å²) in [6.45, 7) is 3.39. The third kappa shape index (κ3) is 4.97. The van der Waals surface area contributed by atoms with Crippen LogP contribution in [0.4, 0.5) is 0 Å². The van der Waals surface area contributed by atoms with Gasteiger partial charge in [-0.2, -0.15) is 0 Å². The highest BCUT2D eigenvalue weighted by Crippen LogP contribution is 2.25. The number of para-hydroxylation sites is 1. The summed E-state index contributed by atoms with van der Waals surface area (Å²) in [4.78, 5) is 13.5. The van der Waals surface area contributed by atoms with Gasteiger partial charge in [0.15, 0.2) is 0 Å². The van der Waals surface area contributed by atoms with E-state index in [1.807, 2.05) is 30.3 Å². The van der Waals surface area contributed by atoms with Crippen molar-refractivity contribution in [1.82, 2.24) is 4.90 Å². The molecule has 0 radical (unpaired) electrons. The number of piperidine rings is 1. The molecule has 0 aliphatic carbocycles. The molecule has 2 aromatic carbocycles. The number of nitrogens with zero attached hydrogens (tertiary/aromatic N) is 1. The monoisotopic (exact) mass is 359 g/mol. The molecular formula is C20H22ClNO3. The molecule has 4 nitrogen and oxygen atoms in total. The van der Waals surface area contributed by atoms with Crippen LogP contribution in [0.1, 0.15) is 28.8 Å². The largest absolute Gasteiger partial charge is 0.492 e. The van der Waals surface area contributed by atoms with Crippen LogP contribution in [0.2, 0.25) is 5.02 Å². The van der Waals surface area contributed by atoms with Crippen LogP contribution in [0.25, 0.3) is 0 Å². The van der Waals surface area contributed by atoms with Crippen molar-refractivity contribution in [2.24, 2.45) is 5.92 Å². The summed E-state index contributed by atoms with van der Waals surface area (Å²) in [7, 11) is 0. The number of hydrogen-bond acceptors (Lipinski definition) is 3. The average molecular weight is 360 g/mol. The van der Waals surface area contributed by atoms with E-state index in [0.29, 0.717) is 23.1 Å². The van der Waals surface area contributed by atoms with Gasteiger partial charge in [-0.1, -0.05) is 35.9 Å². The molecule has 1 atom stereocenters. The second kappa shape index (κ2) is 8.37. The fourth-order valence-electron chi connectivity index (χ4n) is 3.26. The lowest BCUT2D eigenvalue weighted by Crippen LogP contribution is -2.37. The first-order valence-corrected chi connectivity index (χ1v) is 8.91. The lowest BCUT2D eigenvalue weighted by Gasteiger charge is -2.32. The highest BCUT2D eigenvalue weighted by atomic mass is 35.5. The Balaban J connectivity index is 1.55. The Morgan fingerprint density at radius 1 is 1.24 bits per heavy atom. The molecule has 25 heavy (non-hydrogen) atoms. The summed E-state index contributed by atoms with van der Waals surface area (Å²) < 4.78 is 5.89. The molecule has 2 aromatic rings. The minimum Gasteiger partial charge on any atom is -0.492 e. The van der Waals surface area contributed by atoms with Crippen molar-refractivity contribution in [3.05, 3.63) is 64.7 Å². The summed E-state index contributed by atoms with van der Waals surface area (Å²) in [5.41, 5.74) is 1.38. The number of aromatic carboxylic acids is 1. The molecule has 0 saturated carbocycles. The van der Waals surface area contributed by atoms with Gasteiger partial charge in [0.2, 0.25) is 0 Å². The molecule has 1 aliphatic heterocycles. The number of carboxylic acid groups (broad SMARTS) is 1. The van der Waals surface area contributed by atoms with Gasteiger partial charge in [0.1, 0.15) is 5.75 Å². The predicted molar refractivity (Wildman–Crippen MR) is 98.3 cm³/mol. The number of rotatable bonds is 6. The van der Waals surface area contributed by atoms with Gasteiger partial charge in [-0.15, -0.1) is 0 Å². The summed E-state index contributed by atoms with van der Waals surface area (Å²) >= 11 is 6.13. The molecule has 0 spiro atoms. The lowest BCUT2D eigenvalue weighted by atomic mass is 9.98. The summed E-state index contributed by atoms with van der Waals surface area (Å²) in [6.07, 6.45) is 2.26. The number of carboxylic acids is 1. The topological polar surface area (TPSA) is 49.8 Å². The van der Waals surface area contributed by atoms with E-state index >= 15 is 0 Å². The number of carbonyl (C=O) groups is 1. The molecule has 1 aliphatic rings. The Morgan fingerprint density at radius 2 is 2.08 bits per heavy atom. The van der Waals surface area contributed by atoms with E-state index in [-0.39, 0.29) is 0 Å². The quantitative estimate of drug-likeness (QED) is 0.834. The van der Waals surface area contributed by atoms with Gasteiger partial charge in [-0.05, 0) is 49.2 Å². The highest BCUT2D eigenvalue weighted by molar-refractivity contribution is 6.32. The maximum atomic E-state index is 11.1. The Kier molecular flexibility index (Phi) is 5.95. The van der Waals surface area contributed by atoms with Crippen LogP contribution in [-0.4, -0.2) is 35.7 Å². The number of benzene rings is 2. The standard InChI is InChI=1S/C20H22ClNO3/c21-18-8-1-2-9-19(18)25-14-16-6-4-10-22(13-16)12-15-5-3-7-17(11-15)20(23)24/h1-3,5,7-9,11,16H,4,6,10,12-14H2,(H,23,24). The second-order valence-corrected chi connectivity index (χ2v) is 6.90. The number of hydrogen-bond donors (Lipinski definition) is 1. The van der Waals surface area contributed by atoms with Crippen LogP contribution in [0.5, 0.6) is 5.75 Å². The maximum absolute atomic E-state index is 11.1. The Labute approximate surface area is 153 Å². The minimum atomic E-state index is -0.883. The molecule has 1 saturated heterocycles. The van der Waals surface area contributed by atoms with Crippen LogP contribution >= 0.6 is 11.6 Å². The molecule has 132 valence electrons. The summed E-state index contributed by atoms with van der Waals surface area (Å²) in [6, 6.07) is 14.7. The summed E-state index contributed by atoms with van der Waals surface area (Å²) in [5.74, 6) is 0.301. The van der Waals surface area contributed by atoms with Crippen molar-refractivity contribution in [2.75, 3.05) is 19.7 Å². The molecule has 0 bridgehead atoms. The first-order valence-electron chi connectivity index (χ1n) is 8.54. The molecule has 3 rings (SSSR count). The smallest absolute Gasteiger partial charge is 0.335 e. The van der Waals surface area contributed by atoms with Gasteiger partial charge < -0.3 is 9.84 Å². The molecule has 1 unspecified atom stereocenters. The van der Waals surface area contributed by atoms with Crippen LogP contribution in [-0.2, 0) is 6.54 Å². The van der Waals surface area contributed by atoms with Crippen molar-refractivity contribution in [1.29, 1.82) is 0 Å². The molecule has 5 heteroatoms. The lowest BCUT2D eigenvalue weighted by molar-refractivity contribution is 0.0696. The Hall–Kier alpha value is -2.04. The minimum absolute atomic E-state index is 0.341. The van der Waals surface area contributed by atoms with Crippen molar-refractivity contribution in [3.63, 3.8) is 0 Å². The van der Waals surface area contributed by atoms with E-state index < -0.39 is 5.97 Å². The third-order valence-corrected chi connectivity index (χ3v) is 4.81. The van der Waals surface area contributed by atoms with Crippen LogP contribution in [0, 0.1) is 5.92 Å². The number of halogens is 1. The maximum Gasteiger partial charge on any atom is 0.335 e. The first kappa shape index (κ1) is 17.8. The van der Waals surface area contributed by atoms with Crippen LogP contribution in [0.3, 0.4) is 0 Å². The second-order valence-electron chi connectivity index (χ2n) is 6.49. The van der Waals surface area contributed by atoms with E-state index in [0.717, 1.165) is 43.8 Å². The van der Waals surface area contributed by atoms with Crippen molar-refractivity contribution in [2.45, 2.75) is 19.4 Å². The molecule has 1 fully saturated rings. The zero-order valence-electron chi connectivity index (χ0n) is 14.0. The normalized spacial score (nSPS) is 18.0. The van der Waals surface area contributed by atoms with Gasteiger partial charge in [0, 0.05) is 19.0 Å². The average Bonchev–Trinajstić information content (AvgIpc) is 2.61. The summed E-state index contributed by atoms with van der Waals surface area (Å²) in [5, 5.41) is 9.76. The zero-order valence-corrected chi connectivity index (χ0v) is 14.8. The fourth-order valence-corrected chi connectivity index (χ4v) is 3.45. The number of ether oxygens (including phenoxy) is 1. The molecule has 1 heterocycles. The number of likely N-dealkylation sites (tertiary alicyclic amines) is 1. The van der Waals surface area contributed by atoms with Gasteiger partial charge in [-0.3, -0.25) is 4.90 Å². The molecular weight excluding hydrogens is 338 g/mol. The molecule has 0 amide bonds. The van der Waals surface area contributed by atoms with Crippen molar-refractivity contribution >= 4 is 17.6 Å². The predicted octanol–water partition coefficient (Wildman–Crippen LogP) is 4.33. The SMILES string of the molecule is O=C(O)c1cccc(CN2CCCC(COc3ccccc3Cl)C2)c1. The Morgan fingerprint density at radius 3 is 2.88 bits per heavy atom. The van der Waals surface area contributed by atoms with E-state index in [4.69, 9.17) is 21.4 Å². The van der Waals surface area contributed by atoms with Gasteiger partial charge in [0.25, 0.3) is 0 Å². The van der Waals surface area contributed by atoms with E-state index in [2.05, 4.69) is 4.90 Å². The van der Waals surface area contributed by atoms with Crippen LogP contribution in [0.15, 0.2) is 48.5 Å². The van der Waals surface area contributed by atoms with Gasteiger partial charge in [0.05, 0.1) is 17.2 Å². The van der Waals surface area contributed by atoms with E-state index in [9.17, 15) is 4.79 Å². The highest BCUT2D eigenvalue weighted by Gasteiger charge is 2.21. The van der Waals surface area contributed by atoms with E-state index in [1.54, 1.807) is 18.2 Å². The van der Waals surface area contributed by atoms with Gasteiger partial charge in [-0.25, -0.2) is 4.79 Å². The zero-order chi connectivity index (χ0) is 17.6. The first-order chi connectivity index (χ1) is 12.1. The van der Waals surface area contributed by atoms with Gasteiger partial charge >= 0.3 is 5.97 Å². The van der Waals surface area contributed by atoms with Crippen molar-refractivity contribution < 1.29 is 14.6 Å². The molecule has 1 N–H and O–H groups in total. The van der Waals surface area contributed by atoms with Crippen LogP contribution < -0.4 is 4.74 Å². The third-order valence-electron chi connectivity index (χ3n) is 4.49. The van der Waals surface area contributed by atoms with Crippen molar-refractivity contribution in [3.8, 4) is 5.75 Å². The Bertz CT molecular complexity index is 734.